The Morgan fingerprint density at radius 3 is 2.49 bits per heavy atom. The van der Waals surface area contributed by atoms with Gasteiger partial charge in [0.1, 0.15) is 0 Å². The number of aryl methyl sites for hydroxylation is 2. The minimum atomic E-state index is -3.85. The van der Waals surface area contributed by atoms with Gasteiger partial charge in [0, 0.05) is 21.8 Å². The lowest BCUT2D eigenvalue weighted by molar-refractivity contribution is 0.102. The summed E-state index contributed by atoms with van der Waals surface area (Å²) < 4.78 is 33.4. The van der Waals surface area contributed by atoms with E-state index in [0.717, 1.165) is 24.8 Å². The van der Waals surface area contributed by atoms with Crippen molar-refractivity contribution in [1.82, 2.24) is 10.2 Å². The highest BCUT2D eigenvalue weighted by molar-refractivity contribution is 7.92. The average Bonchev–Trinajstić information content (AvgIpc) is 3.32. The minimum Gasteiger partial charge on any atom is -0.403 e. The number of sulfonamides is 1. The Balaban J connectivity index is 1.29. The van der Waals surface area contributed by atoms with Crippen molar-refractivity contribution < 1.29 is 17.6 Å². The number of anilines is 2. The molecule has 0 radical (unpaired) electrons. The van der Waals surface area contributed by atoms with Crippen molar-refractivity contribution in [2.24, 2.45) is 0 Å². The van der Waals surface area contributed by atoms with Crippen molar-refractivity contribution in [2.45, 2.75) is 30.6 Å². The predicted octanol–water partition coefficient (Wildman–Crippen LogP) is 5.32. The third kappa shape index (κ3) is 5.21. The van der Waals surface area contributed by atoms with Crippen LogP contribution in [0.25, 0.3) is 11.5 Å². The molecule has 35 heavy (non-hydrogen) atoms. The smallest absolute Gasteiger partial charge is 0.322 e. The van der Waals surface area contributed by atoms with Crippen molar-refractivity contribution in [1.29, 1.82) is 0 Å². The number of hydrogen-bond acceptors (Lipinski definition) is 6. The molecule has 2 N–H and O–H groups in total. The standard InChI is InChI=1S/C25H21ClN4O4S/c26-20-10-12-22(13-11-20)35(32,33)30-21-7-3-6-18(15-21)23(31)27-25-29-28-24(34-25)19-9-8-16-4-1-2-5-17(16)14-19/h3,6-15,30H,1-2,4-5H2,(H,27,29,31). The van der Waals surface area contributed by atoms with Crippen LogP contribution < -0.4 is 10.0 Å². The topological polar surface area (TPSA) is 114 Å². The van der Waals surface area contributed by atoms with Crippen molar-refractivity contribution >= 4 is 39.2 Å². The molecular formula is C25H21ClN4O4S. The first-order chi connectivity index (χ1) is 16.9. The number of nitrogens with zero attached hydrogens (tertiary/aromatic N) is 2. The van der Waals surface area contributed by atoms with E-state index in [1.165, 1.54) is 47.9 Å². The first-order valence-electron chi connectivity index (χ1n) is 11.0. The second-order valence-corrected chi connectivity index (χ2v) is 10.3. The Morgan fingerprint density at radius 1 is 0.914 bits per heavy atom. The third-order valence-electron chi connectivity index (χ3n) is 5.74. The van der Waals surface area contributed by atoms with Crippen LogP contribution in [0, 0.1) is 0 Å². The van der Waals surface area contributed by atoms with Crippen molar-refractivity contribution in [3.8, 4) is 11.5 Å². The zero-order chi connectivity index (χ0) is 24.4. The fourth-order valence-corrected chi connectivity index (χ4v) is 5.15. The van der Waals surface area contributed by atoms with Crippen LogP contribution in [0.5, 0.6) is 0 Å². The number of nitrogens with one attached hydrogen (secondary N) is 2. The summed E-state index contributed by atoms with van der Waals surface area (Å²) in [4.78, 5) is 12.8. The summed E-state index contributed by atoms with van der Waals surface area (Å²) in [6.45, 7) is 0. The first-order valence-corrected chi connectivity index (χ1v) is 12.9. The van der Waals surface area contributed by atoms with Crippen molar-refractivity contribution in [2.75, 3.05) is 10.0 Å². The number of carbonyl (C=O) groups is 1. The number of halogens is 1. The van der Waals surface area contributed by atoms with Gasteiger partial charge < -0.3 is 4.42 Å². The van der Waals surface area contributed by atoms with Gasteiger partial charge >= 0.3 is 6.01 Å². The summed E-state index contributed by atoms with van der Waals surface area (Å²) >= 11 is 5.83. The number of rotatable bonds is 6. The number of benzene rings is 3. The number of hydrogen-bond donors (Lipinski definition) is 2. The van der Waals surface area contributed by atoms with Crippen LogP contribution >= 0.6 is 11.6 Å². The molecule has 3 aromatic carbocycles. The molecule has 5 rings (SSSR count). The van der Waals surface area contributed by atoms with E-state index in [1.807, 2.05) is 6.07 Å². The maximum Gasteiger partial charge on any atom is 0.322 e. The van der Waals surface area contributed by atoms with E-state index in [9.17, 15) is 13.2 Å². The molecule has 1 amide bonds. The van der Waals surface area contributed by atoms with Gasteiger partial charge in [-0.05, 0) is 91.4 Å². The molecule has 0 spiro atoms. The van der Waals surface area contributed by atoms with Gasteiger partial charge in [-0.3, -0.25) is 14.8 Å². The molecule has 1 aliphatic rings. The number of fused-ring (bicyclic) bond motifs is 1. The van der Waals surface area contributed by atoms with E-state index in [4.69, 9.17) is 16.0 Å². The molecule has 1 aromatic heterocycles. The number of carbonyl (C=O) groups excluding carboxylic acids is 1. The zero-order valence-corrected chi connectivity index (χ0v) is 20.1. The Kier molecular flexibility index (Phi) is 6.27. The summed E-state index contributed by atoms with van der Waals surface area (Å²) in [5.41, 5.74) is 3.88. The highest BCUT2D eigenvalue weighted by Gasteiger charge is 2.18. The lowest BCUT2D eigenvalue weighted by Crippen LogP contribution is -2.15. The molecule has 0 bridgehead atoms. The van der Waals surface area contributed by atoms with E-state index in [1.54, 1.807) is 18.2 Å². The molecule has 0 unspecified atom stereocenters. The maximum absolute atomic E-state index is 12.7. The van der Waals surface area contributed by atoms with E-state index >= 15 is 0 Å². The third-order valence-corrected chi connectivity index (χ3v) is 7.39. The van der Waals surface area contributed by atoms with Crippen molar-refractivity contribution in [3.63, 3.8) is 0 Å². The molecule has 0 saturated heterocycles. The SMILES string of the molecule is O=C(Nc1nnc(-c2ccc3c(c2)CCCC3)o1)c1cccc(NS(=O)(=O)c2ccc(Cl)cc2)c1. The molecular weight excluding hydrogens is 488 g/mol. The number of amides is 1. The normalized spacial score (nSPS) is 13.2. The van der Waals surface area contributed by atoms with Crippen LogP contribution in [-0.2, 0) is 22.9 Å². The predicted molar refractivity (Wildman–Crippen MR) is 133 cm³/mol. The Morgan fingerprint density at radius 2 is 1.69 bits per heavy atom. The molecule has 1 heterocycles. The quantitative estimate of drug-likeness (QED) is 0.364. The molecule has 4 aromatic rings. The van der Waals surface area contributed by atoms with E-state index < -0.39 is 15.9 Å². The van der Waals surface area contributed by atoms with Crippen LogP contribution in [-0.4, -0.2) is 24.5 Å². The summed E-state index contributed by atoms with van der Waals surface area (Å²) in [5, 5.41) is 11.0. The lowest BCUT2D eigenvalue weighted by atomic mass is 9.90. The molecule has 0 atom stereocenters. The molecule has 0 fully saturated rings. The lowest BCUT2D eigenvalue weighted by Gasteiger charge is -2.15. The van der Waals surface area contributed by atoms with Crippen LogP contribution in [0.1, 0.15) is 34.3 Å². The van der Waals surface area contributed by atoms with E-state index in [0.29, 0.717) is 10.9 Å². The van der Waals surface area contributed by atoms with Crippen molar-refractivity contribution in [3.05, 3.63) is 88.4 Å². The largest absolute Gasteiger partial charge is 0.403 e. The van der Waals surface area contributed by atoms with E-state index in [2.05, 4.69) is 32.4 Å². The number of aromatic nitrogens is 2. The van der Waals surface area contributed by atoms with Crippen LogP contribution in [0.3, 0.4) is 0 Å². The summed E-state index contributed by atoms with van der Waals surface area (Å²) in [6, 6.07) is 17.9. The van der Waals surface area contributed by atoms with Gasteiger partial charge in [0.2, 0.25) is 5.89 Å². The van der Waals surface area contributed by atoms with Gasteiger partial charge in [0.25, 0.3) is 15.9 Å². The Hall–Kier alpha value is -3.69. The Bertz CT molecular complexity index is 1500. The van der Waals surface area contributed by atoms with Crippen LogP contribution in [0.2, 0.25) is 5.02 Å². The second kappa shape index (κ2) is 9.52. The monoisotopic (exact) mass is 508 g/mol. The zero-order valence-electron chi connectivity index (χ0n) is 18.5. The summed E-state index contributed by atoms with van der Waals surface area (Å²) in [6.07, 6.45) is 4.47. The molecule has 0 saturated carbocycles. The minimum absolute atomic E-state index is 0.0464. The van der Waals surface area contributed by atoms with E-state index in [-0.39, 0.29) is 22.2 Å². The van der Waals surface area contributed by atoms with Gasteiger partial charge in [0.15, 0.2) is 0 Å². The molecule has 10 heteroatoms. The molecule has 8 nitrogen and oxygen atoms in total. The fraction of sp³-hybridized carbons (Fsp3) is 0.160. The highest BCUT2D eigenvalue weighted by atomic mass is 35.5. The Labute approximate surface area is 207 Å². The molecule has 1 aliphatic carbocycles. The average molecular weight is 509 g/mol. The molecule has 0 aliphatic heterocycles. The van der Waals surface area contributed by atoms with Gasteiger partial charge in [-0.1, -0.05) is 28.8 Å². The maximum atomic E-state index is 12.7. The first kappa shape index (κ1) is 23.1. The fourth-order valence-electron chi connectivity index (χ4n) is 3.98. The van der Waals surface area contributed by atoms with Gasteiger partial charge in [0.05, 0.1) is 4.90 Å². The van der Waals surface area contributed by atoms with Gasteiger partial charge in [-0.15, -0.1) is 5.10 Å². The van der Waals surface area contributed by atoms with Crippen LogP contribution in [0.4, 0.5) is 11.7 Å². The summed E-state index contributed by atoms with van der Waals surface area (Å²) in [7, 11) is -3.85. The highest BCUT2D eigenvalue weighted by Crippen LogP contribution is 2.28. The van der Waals surface area contributed by atoms with Crippen LogP contribution in [0.15, 0.2) is 76.0 Å². The summed E-state index contributed by atoms with van der Waals surface area (Å²) in [5.74, 6) is -0.198. The van der Waals surface area contributed by atoms with Gasteiger partial charge in [-0.2, -0.15) is 0 Å². The molecule has 178 valence electrons. The van der Waals surface area contributed by atoms with Gasteiger partial charge in [-0.25, -0.2) is 8.42 Å². The second-order valence-electron chi connectivity index (χ2n) is 8.20.